The number of halogens is 1. The van der Waals surface area contributed by atoms with E-state index in [1.807, 2.05) is 18.7 Å². The van der Waals surface area contributed by atoms with Gasteiger partial charge in [-0.05, 0) is 24.8 Å². The topological polar surface area (TPSA) is 112 Å². The van der Waals surface area contributed by atoms with Crippen LogP contribution in [0.2, 0.25) is 0 Å². The molecule has 12 heteroatoms. The van der Waals surface area contributed by atoms with Gasteiger partial charge in [0.15, 0.2) is 0 Å². The summed E-state index contributed by atoms with van der Waals surface area (Å²) in [4.78, 5) is 52.5. The number of amides is 2. The van der Waals surface area contributed by atoms with Gasteiger partial charge in [0.2, 0.25) is 17.2 Å². The number of anilines is 1. The Kier molecular flexibility index (Phi) is 7.32. The van der Waals surface area contributed by atoms with Crippen molar-refractivity contribution in [2.24, 2.45) is 0 Å². The first-order valence-electron chi connectivity index (χ1n) is 11.3. The summed E-state index contributed by atoms with van der Waals surface area (Å²) < 4.78 is 16.9. The van der Waals surface area contributed by atoms with E-state index in [2.05, 4.69) is 5.32 Å². The van der Waals surface area contributed by atoms with Crippen LogP contribution in [0.5, 0.6) is 0 Å². The van der Waals surface area contributed by atoms with E-state index in [4.69, 9.17) is 0 Å². The lowest BCUT2D eigenvalue weighted by Gasteiger charge is -2.38. The fraction of sp³-hybridized carbons (Fsp3) is 0.478. The second-order valence-corrected chi connectivity index (χ2v) is 11.1. The summed E-state index contributed by atoms with van der Waals surface area (Å²) in [6.07, 6.45) is 0. The van der Waals surface area contributed by atoms with Crippen LogP contribution >= 0.6 is 23.5 Å². The number of carbonyl (C=O) groups is 3. The zero-order valence-corrected chi connectivity index (χ0v) is 21.3. The Balaban J connectivity index is 1.58. The molecule has 2 N–H and O–H groups in total. The molecule has 1 fully saturated rings. The molecule has 1 aromatic heterocycles. The molecular weight excluding hydrogens is 495 g/mol. The van der Waals surface area contributed by atoms with Gasteiger partial charge >= 0.3 is 5.97 Å². The first-order chi connectivity index (χ1) is 16.6. The number of aromatic nitrogens is 1. The molecule has 3 heterocycles. The van der Waals surface area contributed by atoms with Gasteiger partial charge in [0.05, 0.1) is 21.6 Å². The first-order valence-corrected chi connectivity index (χ1v) is 13.4. The van der Waals surface area contributed by atoms with Crippen molar-refractivity contribution >= 4 is 57.9 Å². The van der Waals surface area contributed by atoms with Gasteiger partial charge in [-0.25, -0.2) is 9.18 Å². The maximum absolute atomic E-state index is 15.2. The van der Waals surface area contributed by atoms with E-state index < -0.39 is 23.3 Å². The molecule has 2 amide bonds. The van der Waals surface area contributed by atoms with E-state index >= 15 is 4.39 Å². The molecule has 1 saturated heterocycles. The predicted octanol–water partition coefficient (Wildman–Crippen LogP) is 2.37. The Morgan fingerprint density at radius 2 is 1.94 bits per heavy atom. The molecule has 2 aliphatic rings. The third kappa shape index (κ3) is 4.73. The minimum Gasteiger partial charge on any atom is -0.477 e. The number of carboxylic acid groups (broad SMARTS) is 1. The maximum Gasteiger partial charge on any atom is 0.342 e. The van der Waals surface area contributed by atoms with Crippen LogP contribution in [0.4, 0.5) is 10.1 Å². The summed E-state index contributed by atoms with van der Waals surface area (Å²) in [7, 11) is 0. The fourth-order valence-corrected chi connectivity index (χ4v) is 6.36. The number of carbonyl (C=O) groups excluding carboxylic acids is 2. The number of fused-ring (bicyclic) bond motifs is 3. The molecule has 4 rings (SSSR count). The molecule has 2 aliphatic heterocycles. The second kappa shape index (κ2) is 10.1. The smallest absolute Gasteiger partial charge is 0.342 e. The summed E-state index contributed by atoms with van der Waals surface area (Å²) in [6, 6.07) is 2.12. The van der Waals surface area contributed by atoms with Crippen molar-refractivity contribution in [3.05, 3.63) is 33.7 Å². The van der Waals surface area contributed by atoms with Crippen molar-refractivity contribution in [3.8, 4) is 0 Å². The van der Waals surface area contributed by atoms with Crippen molar-refractivity contribution < 1.29 is 23.9 Å². The SMILES string of the molecule is CCSC[C@H](NC(C)=O)C(=O)N1CCN(c2cc3c(cc2F)c(=O)c(C(=O)O)c2n3C(C)S2)CC1. The minimum absolute atomic E-state index is 0.0416. The molecule has 1 unspecified atom stereocenters. The van der Waals surface area contributed by atoms with Gasteiger partial charge in [-0.15, -0.1) is 0 Å². The van der Waals surface area contributed by atoms with Crippen molar-refractivity contribution in [1.82, 2.24) is 14.8 Å². The van der Waals surface area contributed by atoms with Gasteiger partial charge in [-0.1, -0.05) is 18.7 Å². The number of benzene rings is 1. The van der Waals surface area contributed by atoms with Gasteiger partial charge in [0.25, 0.3) is 0 Å². The third-order valence-corrected chi connectivity index (χ3v) is 8.34. The van der Waals surface area contributed by atoms with E-state index in [-0.39, 0.29) is 28.1 Å². The van der Waals surface area contributed by atoms with Crippen molar-refractivity contribution in [3.63, 3.8) is 0 Å². The molecule has 9 nitrogen and oxygen atoms in total. The number of nitrogens with one attached hydrogen (secondary N) is 1. The highest BCUT2D eigenvalue weighted by molar-refractivity contribution is 8.00. The number of thioether (sulfide) groups is 2. The van der Waals surface area contributed by atoms with E-state index in [1.165, 1.54) is 18.7 Å². The number of hydrogen-bond donors (Lipinski definition) is 2. The third-order valence-electron chi connectivity index (χ3n) is 6.18. The fourth-order valence-electron chi connectivity index (χ4n) is 4.51. The highest BCUT2D eigenvalue weighted by atomic mass is 32.2. The van der Waals surface area contributed by atoms with Crippen LogP contribution in [0.1, 0.15) is 36.5 Å². The highest BCUT2D eigenvalue weighted by Gasteiger charge is 2.34. The molecule has 2 aromatic rings. The quantitative estimate of drug-likeness (QED) is 0.570. The largest absolute Gasteiger partial charge is 0.477 e. The summed E-state index contributed by atoms with van der Waals surface area (Å²) in [5.41, 5.74) is -0.202. The van der Waals surface area contributed by atoms with Gasteiger partial charge in [0.1, 0.15) is 17.4 Å². The van der Waals surface area contributed by atoms with Crippen LogP contribution in [-0.4, -0.2) is 76.1 Å². The number of piperazine rings is 1. The van der Waals surface area contributed by atoms with Crippen LogP contribution in [0.25, 0.3) is 10.9 Å². The van der Waals surface area contributed by atoms with Crippen molar-refractivity contribution in [2.45, 2.75) is 37.2 Å². The average molecular weight is 523 g/mol. The monoisotopic (exact) mass is 522 g/mol. The zero-order valence-electron chi connectivity index (χ0n) is 19.7. The lowest BCUT2D eigenvalue weighted by Crippen LogP contribution is -2.55. The molecular formula is C23H27FN4O5S2. The molecule has 0 aliphatic carbocycles. The molecule has 0 radical (unpaired) electrons. The average Bonchev–Trinajstić information content (AvgIpc) is 2.80. The van der Waals surface area contributed by atoms with Crippen LogP contribution in [0.3, 0.4) is 0 Å². The molecule has 0 saturated carbocycles. The van der Waals surface area contributed by atoms with E-state index in [0.29, 0.717) is 48.2 Å². The van der Waals surface area contributed by atoms with Crippen LogP contribution in [0.15, 0.2) is 22.0 Å². The Morgan fingerprint density at radius 1 is 1.26 bits per heavy atom. The predicted molar refractivity (Wildman–Crippen MR) is 135 cm³/mol. The van der Waals surface area contributed by atoms with Crippen LogP contribution in [0, 0.1) is 5.82 Å². The van der Waals surface area contributed by atoms with Crippen LogP contribution in [-0.2, 0) is 9.59 Å². The summed E-state index contributed by atoms with van der Waals surface area (Å²) in [5.74, 6) is -1.03. The summed E-state index contributed by atoms with van der Waals surface area (Å²) in [6.45, 7) is 6.77. The number of rotatable bonds is 7. The molecule has 2 atom stereocenters. The second-order valence-electron chi connectivity index (χ2n) is 8.45. The van der Waals surface area contributed by atoms with E-state index in [1.54, 1.807) is 27.3 Å². The Morgan fingerprint density at radius 3 is 2.51 bits per heavy atom. The number of hydrogen-bond acceptors (Lipinski definition) is 7. The van der Waals surface area contributed by atoms with E-state index in [9.17, 15) is 24.3 Å². The van der Waals surface area contributed by atoms with Gasteiger partial charge in [-0.2, -0.15) is 11.8 Å². The Labute approximate surface area is 210 Å². The number of pyridine rings is 1. The van der Waals surface area contributed by atoms with Crippen molar-refractivity contribution in [2.75, 3.05) is 42.6 Å². The normalized spacial score (nSPS) is 18.1. The zero-order chi connectivity index (χ0) is 25.4. The molecule has 0 spiro atoms. The lowest BCUT2D eigenvalue weighted by molar-refractivity contribution is -0.135. The number of aromatic carboxylic acids is 1. The molecule has 188 valence electrons. The van der Waals surface area contributed by atoms with Crippen LogP contribution < -0.4 is 15.6 Å². The maximum atomic E-state index is 15.2. The summed E-state index contributed by atoms with van der Waals surface area (Å²) in [5, 5.41) is 12.6. The van der Waals surface area contributed by atoms with Crippen molar-refractivity contribution in [1.29, 1.82) is 0 Å². The minimum atomic E-state index is -1.32. The highest BCUT2D eigenvalue weighted by Crippen LogP contribution is 2.46. The Hall–Kier alpha value is -2.73. The van der Waals surface area contributed by atoms with Gasteiger partial charge in [-0.3, -0.25) is 14.4 Å². The molecule has 1 aromatic carbocycles. The molecule has 35 heavy (non-hydrogen) atoms. The van der Waals surface area contributed by atoms with Gasteiger partial charge in [0, 0.05) is 44.2 Å². The lowest BCUT2D eigenvalue weighted by atomic mass is 10.1. The number of nitrogens with zero attached hydrogens (tertiary/aromatic N) is 3. The summed E-state index contributed by atoms with van der Waals surface area (Å²) >= 11 is 2.87. The number of carboxylic acids is 1. The van der Waals surface area contributed by atoms with Gasteiger partial charge < -0.3 is 24.8 Å². The van der Waals surface area contributed by atoms with E-state index in [0.717, 1.165) is 11.8 Å². The standard InChI is InChI=1S/C23H27FN4O5S2/c1-4-34-11-16(25-12(2)29)21(31)27-7-5-26(6-8-27)18-10-17-14(9-15(18)24)20(30)19(23(32)33)22-28(17)13(3)35-22/h9-10,13,16H,4-8,11H2,1-3H3,(H,25,29)(H,32,33)/t13?,16-/m0/s1. The molecule has 0 bridgehead atoms. The first kappa shape index (κ1) is 25.4. The Bertz CT molecular complexity index is 1260.